The fourth-order valence-electron chi connectivity index (χ4n) is 2.69. The maximum Gasteiger partial charge on any atom is 0.177 e. The van der Waals surface area contributed by atoms with E-state index in [0.717, 1.165) is 38.7 Å². The number of nitrogens with one attached hydrogen (secondary N) is 1. The summed E-state index contributed by atoms with van der Waals surface area (Å²) in [5.74, 6) is 0. The van der Waals surface area contributed by atoms with Gasteiger partial charge in [-0.15, -0.1) is 0 Å². The van der Waals surface area contributed by atoms with Crippen LogP contribution in [0.1, 0.15) is 0 Å². The number of hydrogen-bond acceptors (Lipinski definition) is 4. The van der Waals surface area contributed by atoms with Gasteiger partial charge in [0.15, 0.2) is 5.58 Å². The summed E-state index contributed by atoms with van der Waals surface area (Å²) in [4.78, 5) is 4.74. The summed E-state index contributed by atoms with van der Waals surface area (Å²) >= 11 is 0. The summed E-state index contributed by atoms with van der Waals surface area (Å²) in [5.41, 5.74) is 4.22. The Bertz CT molecular complexity index is 943. The number of furan rings is 1. The minimum atomic E-state index is 0.0678. The molecule has 0 unspecified atom stereocenters. The van der Waals surface area contributed by atoms with Gasteiger partial charge in [0.1, 0.15) is 11.1 Å². The third kappa shape index (κ3) is 1.84. The molecule has 4 aromatic rings. The van der Waals surface area contributed by atoms with Crippen LogP contribution in [0.5, 0.6) is 0 Å². The van der Waals surface area contributed by atoms with Crippen LogP contribution < -0.4 is 5.32 Å². The third-order valence-electron chi connectivity index (χ3n) is 3.62. The number of fused-ring (bicyclic) bond motifs is 4. The van der Waals surface area contributed by atoms with Crippen molar-refractivity contribution < 1.29 is 9.52 Å². The lowest BCUT2D eigenvalue weighted by Gasteiger charge is -2.08. The standard InChI is InChI=1S/C17H14N2O2/c20-10-9-18-15-11-5-1-3-7-13(11)19-16-12-6-2-4-8-14(12)21-17(15)16/h1-8,20H,9-10H2,(H,18,19). The Morgan fingerprint density at radius 2 is 1.76 bits per heavy atom. The molecule has 4 nitrogen and oxygen atoms in total. The Hall–Kier alpha value is -2.59. The summed E-state index contributed by atoms with van der Waals surface area (Å²) in [6, 6.07) is 15.8. The van der Waals surface area contributed by atoms with E-state index in [4.69, 9.17) is 14.5 Å². The zero-order chi connectivity index (χ0) is 14.2. The highest BCUT2D eigenvalue weighted by atomic mass is 16.3. The van der Waals surface area contributed by atoms with Crippen molar-refractivity contribution >= 4 is 38.7 Å². The largest absolute Gasteiger partial charge is 0.452 e. The number of para-hydroxylation sites is 2. The number of anilines is 1. The van der Waals surface area contributed by atoms with Crippen LogP contribution in [0.2, 0.25) is 0 Å². The molecule has 104 valence electrons. The van der Waals surface area contributed by atoms with Crippen LogP contribution in [-0.4, -0.2) is 23.2 Å². The maximum absolute atomic E-state index is 9.10. The lowest BCUT2D eigenvalue weighted by molar-refractivity contribution is 0.311. The molecule has 0 fully saturated rings. The zero-order valence-electron chi connectivity index (χ0n) is 11.3. The second kappa shape index (κ2) is 4.75. The molecular weight excluding hydrogens is 264 g/mol. The molecule has 0 saturated heterocycles. The topological polar surface area (TPSA) is 58.3 Å². The molecule has 0 spiro atoms. The van der Waals surface area contributed by atoms with E-state index in [9.17, 15) is 0 Å². The van der Waals surface area contributed by atoms with E-state index < -0.39 is 0 Å². The van der Waals surface area contributed by atoms with Crippen molar-refractivity contribution in [2.45, 2.75) is 0 Å². The summed E-state index contributed by atoms with van der Waals surface area (Å²) in [6.45, 7) is 0.540. The fraction of sp³-hybridized carbons (Fsp3) is 0.118. The van der Waals surface area contributed by atoms with Gasteiger partial charge in [-0.25, -0.2) is 4.98 Å². The van der Waals surface area contributed by atoms with E-state index in [1.54, 1.807) is 0 Å². The number of hydrogen-bond donors (Lipinski definition) is 2. The average Bonchev–Trinajstić information content (AvgIpc) is 2.90. The van der Waals surface area contributed by atoms with Gasteiger partial charge in [0, 0.05) is 17.3 Å². The van der Waals surface area contributed by atoms with Crippen molar-refractivity contribution in [2.75, 3.05) is 18.5 Å². The van der Waals surface area contributed by atoms with Gasteiger partial charge in [-0.2, -0.15) is 0 Å². The van der Waals surface area contributed by atoms with Crippen LogP contribution in [0.4, 0.5) is 5.69 Å². The predicted octanol–water partition coefficient (Wildman–Crippen LogP) is 3.54. The first-order valence-electron chi connectivity index (χ1n) is 6.93. The van der Waals surface area contributed by atoms with Crippen molar-refractivity contribution in [3.63, 3.8) is 0 Å². The van der Waals surface area contributed by atoms with Crippen molar-refractivity contribution in [3.8, 4) is 0 Å². The molecule has 0 radical (unpaired) electrons. The lowest BCUT2D eigenvalue weighted by Crippen LogP contribution is -2.06. The molecule has 0 aliphatic rings. The molecule has 21 heavy (non-hydrogen) atoms. The van der Waals surface area contributed by atoms with Crippen LogP contribution in [0, 0.1) is 0 Å². The minimum Gasteiger partial charge on any atom is -0.452 e. The van der Waals surface area contributed by atoms with Gasteiger partial charge in [-0.1, -0.05) is 30.3 Å². The molecule has 2 heterocycles. The highest BCUT2D eigenvalue weighted by Crippen LogP contribution is 2.36. The van der Waals surface area contributed by atoms with Crippen LogP contribution in [0.3, 0.4) is 0 Å². The van der Waals surface area contributed by atoms with Crippen LogP contribution >= 0.6 is 0 Å². The first-order valence-corrected chi connectivity index (χ1v) is 6.93. The summed E-state index contributed by atoms with van der Waals surface area (Å²) in [7, 11) is 0. The van der Waals surface area contributed by atoms with Crippen molar-refractivity contribution in [1.82, 2.24) is 4.98 Å². The van der Waals surface area contributed by atoms with Gasteiger partial charge in [0.25, 0.3) is 0 Å². The Morgan fingerprint density at radius 1 is 1.00 bits per heavy atom. The molecule has 2 aromatic carbocycles. The molecule has 2 aromatic heterocycles. The van der Waals surface area contributed by atoms with Crippen LogP contribution in [0.25, 0.3) is 33.0 Å². The first kappa shape index (κ1) is 12.2. The third-order valence-corrected chi connectivity index (χ3v) is 3.62. The van der Waals surface area contributed by atoms with E-state index in [-0.39, 0.29) is 6.61 Å². The number of aliphatic hydroxyl groups excluding tert-OH is 1. The second-order valence-corrected chi connectivity index (χ2v) is 4.93. The van der Waals surface area contributed by atoms with E-state index >= 15 is 0 Å². The molecule has 0 aliphatic carbocycles. The normalized spacial score (nSPS) is 11.5. The van der Waals surface area contributed by atoms with E-state index in [0.29, 0.717) is 6.54 Å². The Labute approximate surface area is 121 Å². The van der Waals surface area contributed by atoms with Crippen molar-refractivity contribution in [2.24, 2.45) is 0 Å². The van der Waals surface area contributed by atoms with E-state index in [2.05, 4.69) is 5.32 Å². The molecule has 4 rings (SSSR count). The van der Waals surface area contributed by atoms with Gasteiger partial charge in [0.05, 0.1) is 17.8 Å². The second-order valence-electron chi connectivity index (χ2n) is 4.93. The zero-order valence-corrected chi connectivity index (χ0v) is 11.3. The Morgan fingerprint density at radius 3 is 2.62 bits per heavy atom. The Kier molecular flexibility index (Phi) is 2.75. The number of aromatic nitrogens is 1. The van der Waals surface area contributed by atoms with Gasteiger partial charge < -0.3 is 14.8 Å². The maximum atomic E-state index is 9.10. The van der Waals surface area contributed by atoms with Crippen molar-refractivity contribution in [3.05, 3.63) is 48.5 Å². The molecule has 0 aliphatic heterocycles. The molecule has 0 saturated carbocycles. The summed E-state index contributed by atoms with van der Waals surface area (Å²) < 4.78 is 5.98. The van der Waals surface area contributed by atoms with E-state index in [1.807, 2.05) is 48.5 Å². The number of aliphatic hydroxyl groups is 1. The molecule has 0 atom stereocenters. The van der Waals surface area contributed by atoms with Crippen LogP contribution in [-0.2, 0) is 0 Å². The monoisotopic (exact) mass is 278 g/mol. The fourth-order valence-corrected chi connectivity index (χ4v) is 2.69. The minimum absolute atomic E-state index is 0.0678. The molecule has 4 heteroatoms. The number of nitrogens with zero attached hydrogens (tertiary/aromatic N) is 1. The molecule has 2 N–H and O–H groups in total. The quantitative estimate of drug-likeness (QED) is 0.602. The van der Waals surface area contributed by atoms with E-state index in [1.165, 1.54) is 0 Å². The average molecular weight is 278 g/mol. The Balaban J connectivity index is 2.15. The molecular formula is C17H14N2O2. The van der Waals surface area contributed by atoms with Crippen LogP contribution in [0.15, 0.2) is 52.9 Å². The van der Waals surface area contributed by atoms with Crippen molar-refractivity contribution in [1.29, 1.82) is 0 Å². The smallest absolute Gasteiger partial charge is 0.177 e. The summed E-state index contributed by atoms with van der Waals surface area (Å²) in [6.07, 6.45) is 0. The number of pyridine rings is 1. The van der Waals surface area contributed by atoms with Gasteiger partial charge in [-0.05, 0) is 18.2 Å². The lowest BCUT2D eigenvalue weighted by atomic mass is 10.1. The predicted molar refractivity (Wildman–Crippen MR) is 84.6 cm³/mol. The molecule has 0 amide bonds. The van der Waals surface area contributed by atoms with Gasteiger partial charge >= 0.3 is 0 Å². The molecule has 0 bridgehead atoms. The summed E-state index contributed by atoms with van der Waals surface area (Å²) in [5, 5.41) is 14.4. The highest BCUT2D eigenvalue weighted by molar-refractivity contribution is 6.13. The first-order chi connectivity index (χ1) is 10.4. The van der Waals surface area contributed by atoms with Gasteiger partial charge in [-0.3, -0.25) is 0 Å². The number of rotatable bonds is 3. The van der Waals surface area contributed by atoms with Gasteiger partial charge in [0.2, 0.25) is 0 Å². The highest BCUT2D eigenvalue weighted by Gasteiger charge is 2.15. The SMILES string of the molecule is OCCNc1c2ccccc2nc2c1oc1ccccc12. The number of benzene rings is 2.